The third kappa shape index (κ3) is 3.79. The van der Waals surface area contributed by atoms with Gasteiger partial charge in [0.05, 0.1) is 5.69 Å². The predicted molar refractivity (Wildman–Crippen MR) is 72.2 cm³/mol. The van der Waals surface area contributed by atoms with Gasteiger partial charge in [-0.25, -0.2) is 20.2 Å². The number of nitrogens with two attached hydrogens (primary N) is 1. The Hall–Kier alpha value is -1.94. The van der Waals surface area contributed by atoms with Crippen molar-refractivity contribution in [1.82, 2.24) is 9.97 Å². The third-order valence-corrected chi connectivity index (χ3v) is 2.81. The van der Waals surface area contributed by atoms with Crippen molar-refractivity contribution in [2.75, 3.05) is 10.7 Å². The van der Waals surface area contributed by atoms with Crippen LogP contribution in [0.5, 0.6) is 0 Å². The lowest BCUT2D eigenvalue weighted by molar-refractivity contribution is -0.144. The lowest BCUT2D eigenvalue weighted by atomic mass is 10.3. The van der Waals surface area contributed by atoms with Crippen LogP contribution in [0.1, 0.15) is 5.82 Å². The van der Waals surface area contributed by atoms with Gasteiger partial charge in [0.15, 0.2) is 0 Å². The smallest absolute Gasteiger partial charge is 0.338 e. The first-order valence-corrected chi connectivity index (χ1v) is 6.24. The Morgan fingerprint density at radius 1 is 1.10 bits per heavy atom. The van der Waals surface area contributed by atoms with E-state index >= 15 is 0 Å². The van der Waals surface area contributed by atoms with Crippen LogP contribution in [0.15, 0.2) is 28.7 Å². The molecule has 0 saturated heterocycles. The number of hydrogen-bond donors (Lipinski definition) is 3. The first kappa shape index (κ1) is 15.4. The quantitative estimate of drug-likeness (QED) is 0.441. The fourth-order valence-electron chi connectivity index (χ4n) is 1.44. The topological polar surface area (TPSA) is 75.9 Å². The van der Waals surface area contributed by atoms with E-state index in [0.29, 0.717) is 4.47 Å². The van der Waals surface area contributed by atoms with Gasteiger partial charge in [-0.15, -0.1) is 0 Å². The summed E-state index contributed by atoms with van der Waals surface area (Å²) in [6, 6.07) is 5.16. The van der Waals surface area contributed by atoms with E-state index in [1.807, 2.05) is 5.43 Å². The maximum Gasteiger partial charge on any atom is 0.451 e. The van der Waals surface area contributed by atoms with E-state index in [-0.39, 0.29) is 17.3 Å². The number of hydrazine groups is 1. The molecule has 21 heavy (non-hydrogen) atoms. The second-order valence-electron chi connectivity index (χ2n) is 3.85. The molecule has 2 rings (SSSR count). The highest BCUT2D eigenvalue weighted by Crippen LogP contribution is 2.29. The van der Waals surface area contributed by atoms with E-state index in [0.717, 1.165) is 12.1 Å². The van der Waals surface area contributed by atoms with E-state index in [1.54, 1.807) is 0 Å². The average molecular weight is 366 g/mol. The van der Waals surface area contributed by atoms with E-state index < -0.39 is 17.8 Å². The Labute approximate surface area is 124 Å². The van der Waals surface area contributed by atoms with Crippen LogP contribution in [0.3, 0.4) is 0 Å². The van der Waals surface area contributed by atoms with Crippen molar-refractivity contribution in [2.45, 2.75) is 6.18 Å². The molecule has 5 nitrogen and oxygen atoms in total. The lowest BCUT2D eigenvalue weighted by Gasteiger charge is -2.12. The number of nitrogens with one attached hydrogen (secondary N) is 2. The Morgan fingerprint density at radius 3 is 2.33 bits per heavy atom. The van der Waals surface area contributed by atoms with Crippen LogP contribution in [-0.2, 0) is 6.18 Å². The summed E-state index contributed by atoms with van der Waals surface area (Å²) in [6.07, 6.45) is -4.75. The van der Waals surface area contributed by atoms with Crippen molar-refractivity contribution in [1.29, 1.82) is 0 Å². The molecule has 0 aliphatic rings. The van der Waals surface area contributed by atoms with Crippen LogP contribution >= 0.6 is 15.9 Å². The minimum Gasteiger partial charge on any atom is -0.338 e. The Balaban J connectivity index is 2.39. The van der Waals surface area contributed by atoms with Gasteiger partial charge in [0.1, 0.15) is 17.5 Å². The molecule has 2 aromatic rings. The summed E-state index contributed by atoms with van der Waals surface area (Å²) in [5.41, 5.74) is 1.96. The number of nitrogens with zero attached hydrogens (tertiary/aromatic N) is 2. The molecule has 0 amide bonds. The molecule has 0 saturated carbocycles. The normalized spacial score (nSPS) is 11.3. The Bertz CT molecular complexity index is 662. The van der Waals surface area contributed by atoms with Crippen LogP contribution in [0.2, 0.25) is 0 Å². The summed E-state index contributed by atoms with van der Waals surface area (Å²) in [5.74, 6) is 2.52. The zero-order chi connectivity index (χ0) is 15.6. The van der Waals surface area contributed by atoms with Crippen molar-refractivity contribution >= 4 is 33.3 Å². The summed E-state index contributed by atoms with van der Waals surface area (Å²) >= 11 is 3.07. The van der Waals surface area contributed by atoms with Crippen LogP contribution in [-0.4, -0.2) is 9.97 Å². The number of rotatable bonds is 3. The van der Waals surface area contributed by atoms with Gasteiger partial charge < -0.3 is 10.7 Å². The Morgan fingerprint density at radius 2 is 1.76 bits per heavy atom. The van der Waals surface area contributed by atoms with Gasteiger partial charge in [-0.1, -0.05) is 15.9 Å². The number of benzene rings is 1. The van der Waals surface area contributed by atoms with Crippen molar-refractivity contribution < 1.29 is 17.6 Å². The van der Waals surface area contributed by atoms with Gasteiger partial charge in [0.25, 0.3) is 0 Å². The van der Waals surface area contributed by atoms with Gasteiger partial charge in [0.2, 0.25) is 5.82 Å². The Kier molecular flexibility index (Phi) is 4.28. The van der Waals surface area contributed by atoms with Crippen molar-refractivity contribution in [3.05, 3.63) is 40.4 Å². The second-order valence-corrected chi connectivity index (χ2v) is 4.77. The number of aromatic nitrogens is 2. The highest BCUT2D eigenvalue weighted by Gasteiger charge is 2.35. The molecule has 112 valence electrons. The van der Waals surface area contributed by atoms with Crippen molar-refractivity contribution in [3.63, 3.8) is 0 Å². The first-order valence-electron chi connectivity index (χ1n) is 5.44. The molecular formula is C11H8BrF4N5. The third-order valence-electron chi connectivity index (χ3n) is 2.32. The fraction of sp³-hybridized carbons (Fsp3) is 0.0909. The number of alkyl halides is 3. The fourth-order valence-corrected chi connectivity index (χ4v) is 1.77. The summed E-state index contributed by atoms with van der Waals surface area (Å²) in [4.78, 5) is 6.48. The lowest BCUT2D eigenvalue weighted by Crippen LogP contribution is -2.16. The molecule has 1 aromatic carbocycles. The van der Waals surface area contributed by atoms with E-state index in [4.69, 9.17) is 5.84 Å². The molecule has 0 bridgehead atoms. The van der Waals surface area contributed by atoms with Crippen LogP contribution in [0, 0.1) is 5.82 Å². The zero-order valence-corrected chi connectivity index (χ0v) is 11.8. The number of halogens is 5. The molecule has 0 radical (unpaired) electrons. The van der Waals surface area contributed by atoms with Crippen LogP contribution < -0.4 is 16.6 Å². The van der Waals surface area contributed by atoms with Crippen LogP contribution in [0.25, 0.3) is 0 Å². The predicted octanol–water partition coefficient (Wildman–Crippen LogP) is 3.43. The van der Waals surface area contributed by atoms with Crippen LogP contribution in [0.4, 0.5) is 34.9 Å². The molecule has 0 unspecified atom stereocenters. The van der Waals surface area contributed by atoms with Gasteiger partial charge in [0, 0.05) is 10.5 Å². The summed E-state index contributed by atoms with van der Waals surface area (Å²) in [7, 11) is 0. The number of hydrogen-bond acceptors (Lipinski definition) is 5. The molecule has 0 fully saturated rings. The van der Waals surface area contributed by atoms with Crippen molar-refractivity contribution in [3.8, 4) is 0 Å². The maximum absolute atomic E-state index is 13.7. The van der Waals surface area contributed by atoms with Gasteiger partial charge in [-0.2, -0.15) is 13.2 Å². The summed E-state index contributed by atoms with van der Waals surface area (Å²) < 4.78 is 52.1. The first-order chi connectivity index (χ1) is 9.79. The molecule has 0 spiro atoms. The minimum atomic E-state index is -4.75. The van der Waals surface area contributed by atoms with Gasteiger partial charge >= 0.3 is 6.18 Å². The molecule has 1 aromatic heterocycles. The van der Waals surface area contributed by atoms with E-state index in [1.165, 1.54) is 12.1 Å². The average Bonchev–Trinajstić information content (AvgIpc) is 2.40. The largest absolute Gasteiger partial charge is 0.451 e. The SMILES string of the molecule is NNc1cc(Nc2ccc(Br)cc2F)nc(C(F)(F)F)n1. The number of anilines is 3. The molecule has 0 aliphatic carbocycles. The molecule has 4 N–H and O–H groups in total. The summed E-state index contributed by atoms with van der Waals surface area (Å²) in [5, 5.41) is 2.44. The van der Waals surface area contributed by atoms with Gasteiger partial charge in [-0.3, -0.25) is 0 Å². The molecule has 1 heterocycles. The van der Waals surface area contributed by atoms with E-state index in [9.17, 15) is 17.6 Å². The standard InChI is InChI=1S/C11H8BrF4N5/c12-5-1-2-7(6(13)3-5)18-8-4-9(21-17)20-10(19-8)11(14,15)16/h1-4H,17H2,(H2,18,19,20,21). The summed E-state index contributed by atoms with van der Waals surface area (Å²) in [6.45, 7) is 0. The maximum atomic E-state index is 13.7. The molecular weight excluding hydrogens is 358 g/mol. The molecule has 0 aliphatic heterocycles. The van der Waals surface area contributed by atoms with Crippen molar-refractivity contribution in [2.24, 2.45) is 5.84 Å². The van der Waals surface area contributed by atoms with Gasteiger partial charge in [-0.05, 0) is 18.2 Å². The molecule has 0 atom stereocenters. The second kappa shape index (κ2) is 5.82. The highest BCUT2D eigenvalue weighted by atomic mass is 79.9. The van der Waals surface area contributed by atoms with E-state index in [2.05, 4.69) is 31.2 Å². The highest BCUT2D eigenvalue weighted by molar-refractivity contribution is 9.10. The minimum absolute atomic E-state index is 0.0343. The number of nitrogen functional groups attached to an aromatic ring is 1. The molecule has 10 heteroatoms. The zero-order valence-electron chi connectivity index (χ0n) is 10.2. The monoisotopic (exact) mass is 365 g/mol.